The molecule has 6 heteroatoms. The van der Waals surface area contributed by atoms with Crippen molar-refractivity contribution in [3.8, 4) is 17.2 Å². The van der Waals surface area contributed by atoms with Gasteiger partial charge in [-0.15, -0.1) is 0 Å². The largest absolute Gasteiger partial charge is 0.497 e. The molecule has 1 fully saturated rings. The molecular formula is C22H26N2O4. The summed E-state index contributed by atoms with van der Waals surface area (Å²) in [6.07, 6.45) is 2.46. The standard InChI is InChI=1S/C22H26N2O4/c1-26-19-7-4-16(5-8-19)13-22(25)24-10-2-3-18(15-24)23-17-6-9-20-21(14-17)28-12-11-27-20/h4-9,14,18,23H,2-3,10-13,15H2,1H3/t18-/m0/s1. The predicted octanol–water partition coefficient (Wildman–Crippen LogP) is 3.11. The second-order valence-corrected chi connectivity index (χ2v) is 7.21. The highest BCUT2D eigenvalue weighted by molar-refractivity contribution is 5.79. The predicted molar refractivity (Wildman–Crippen MR) is 107 cm³/mol. The number of ether oxygens (including phenoxy) is 3. The van der Waals surface area contributed by atoms with Gasteiger partial charge in [0, 0.05) is 30.9 Å². The molecular weight excluding hydrogens is 356 g/mol. The van der Waals surface area contributed by atoms with Crippen molar-refractivity contribution in [1.29, 1.82) is 0 Å². The SMILES string of the molecule is COc1ccc(CC(=O)N2CCC[C@H](Nc3ccc4c(c3)OCCO4)C2)cc1. The molecule has 2 aliphatic heterocycles. The van der Waals surface area contributed by atoms with Crippen molar-refractivity contribution in [1.82, 2.24) is 4.90 Å². The maximum atomic E-state index is 12.7. The average Bonchev–Trinajstić information content (AvgIpc) is 2.74. The van der Waals surface area contributed by atoms with E-state index in [0.717, 1.165) is 47.9 Å². The molecule has 0 unspecified atom stereocenters. The van der Waals surface area contributed by atoms with Crippen LogP contribution in [0.2, 0.25) is 0 Å². The fraction of sp³-hybridized carbons (Fsp3) is 0.409. The number of fused-ring (bicyclic) bond motifs is 1. The molecule has 1 saturated heterocycles. The molecule has 28 heavy (non-hydrogen) atoms. The highest BCUT2D eigenvalue weighted by atomic mass is 16.6. The summed E-state index contributed by atoms with van der Waals surface area (Å²) in [6, 6.07) is 13.8. The Morgan fingerprint density at radius 3 is 2.71 bits per heavy atom. The number of anilines is 1. The van der Waals surface area contributed by atoms with Gasteiger partial charge in [0.15, 0.2) is 11.5 Å². The van der Waals surface area contributed by atoms with E-state index in [9.17, 15) is 4.79 Å². The van der Waals surface area contributed by atoms with E-state index in [2.05, 4.69) is 5.32 Å². The summed E-state index contributed by atoms with van der Waals surface area (Å²) >= 11 is 0. The van der Waals surface area contributed by atoms with Gasteiger partial charge in [-0.05, 0) is 42.7 Å². The van der Waals surface area contributed by atoms with Crippen LogP contribution in [0, 0.1) is 0 Å². The van der Waals surface area contributed by atoms with E-state index in [1.54, 1.807) is 7.11 Å². The molecule has 2 aromatic rings. The van der Waals surface area contributed by atoms with E-state index in [-0.39, 0.29) is 11.9 Å². The molecule has 6 nitrogen and oxygen atoms in total. The van der Waals surface area contributed by atoms with Gasteiger partial charge < -0.3 is 24.4 Å². The van der Waals surface area contributed by atoms with Gasteiger partial charge in [0.2, 0.25) is 5.91 Å². The maximum Gasteiger partial charge on any atom is 0.227 e. The van der Waals surface area contributed by atoms with Gasteiger partial charge in [-0.25, -0.2) is 0 Å². The molecule has 1 N–H and O–H groups in total. The number of hydrogen-bond acceptors (Lipinski definition) is 5. The van der Waals surface area contributed by atoms with Gasteiger partial charge in [0.1, 0.15) is 19.0 Å². The van der Waals surface area contributed by atoms with Gasteiger partial charge in [-0.1, -0.05) is 12.1 Å². The Bertz CT molecular complexity index is 822. The molecule has 0 aromatic heterocycles. The van der Waals surface area contributed by atoms with Crippen LogP contribution in [-0.2, 0) is 11.2 Å². The molecule has 2 heterocycles. The van der Waals surface area contributed by atoms with Crippen molar-refractivity contribution < 1.29 is 19.0 Å². The van der Waals surface area contributed by atoms with Gasteiger partial charge in [0.05, 0.1) is 13.5 Å². The molecule has 148 valence electrons. The van der Waals surface area contributed by atoms with E-state index < -0.39 is 0 Å². The van der Waals surface area contributed by atoms with Crippen molar-refractivity contribution in [3.63, 3.8) is 0 Å². The van der Waals surface area contributed by atoms with Crippen molar-refractivity contribution >= 4 is 11.6 Å². The summed E-state index contributed by atoms with van der Waals surface area (Å²) in [6.45, 7) is 2.69. The molecule has 0 spiro atoms. The summed E-state index contributed by atoms with van der Waals surface area (Å²) < 4.78 is 16.4. The Morgan fingerprint density at radius 2 is 1.93 bits per heavy atom. The van der Waals surface area contributed by atoms with Crippen LogP contribution in [0.1, 0.15) is 18.4 Å². The molecule has 0 radical (unpaired) electrons. The molecule has 4 rings (SSSR count). The molecule has 1 atom stereocenters. The van der Waals surface area contributed by atoms with E-state index in [1.807, 2.05) is 47.4 Å². The van der Waals surface area contributed by atoms with Gasteiger partial charge in [0.25, 0.3) is 0 Å². The Hall–Kier alpha value is -2.89. The second kappa shape index (κ2) is 8.42. The summed E-state index contributed by atoms with van der Waals surface area (Å²) in [5, 5.41) is 3.55. The zero-order valence-electron chi connectivity index (χ0n) is 16.1. The van der Waals surface area contributed by atoms with Crippen molar-refractivity contribution in [2.24, 2.45) is 0 Å². The van der Waals surface area contributed by atoms with Gasteiger partial charge in [-0.3, -0.25) is 4.79 Å². The third-order valence-electron chi connectivity index (χ3n) is 5.20. The van der Waals surface area contributed by atoms with Crippen LogP contribution in [0.4, 0.5) is 5.69 Å². The number of nitrogens with zero attached hydrogens (tertiary/aromatic N) is 1. The minimum Gasteiger partial charge on any atom is -0.497 e. The van der Waals surface area contributed by atoms with Gasteiger partial charge >= 0.3 is 0 Å². The first kappa shape index (κ1) is 18.5. The third-order valence-corrected chi connectivity index (χ3v) is 5.20. The van der Waals surface area contributed by atoms with Crippen LogP contribution >= 0.6 is 0 Å². The number of piperidine rings is 1. The smallest absolute Gasteiger partial charge is 0.227 e. The summed E-state index contributed by atoms with van der Waals surface area (Å²) in [4.78, 5) is 14.7. The monoisotopic (exact) mass is 382 g/mol. The normalized spacial score (nSPS) is 18.5. The second-order valence-electron chi connectivity index (χ2n) is 7.21. The van der Waals surface area contributed by atoms with E-state index in [0.29, 0.717) is 26.2 Å². The highest BCUT2D eigenvalue weighted by Crippen LogP contribution is 2.33. The first-order valence-corrected chi connectivity index (χ1v) is 9.78. The lowest BCUT2D eigenvalue weighted by molar-refractivity contribution is -0.131. The summed E-state index contributed by atoms with van der Waals surface area (Å²) in [7, 11) is 1.64. The lowest BCUT2D eigenvalue weighted by Crippen LogP contribution is -2.45. The number of nitrogens with one attached hydrogen (secondary N) is 1. The quantitative estimate of drug-likeness (QED) is 0.861. The number of carbonyl (C=O) groups excluding carboxylic acids is 1. The van der Waals surface area contributed by atoms with Crippen LogP contribution in [0.3, 0.4) is 0 Å². The molecule has 2 aliphatic rings. The average molecular weight is 382 g/mol. The fourth-order valence-corrected chi connectivity index (χ4v) is 3.72. The van der Waals surface area contributed by atoms with Crippen LogP contribution < -0.4 is 19.5 Å². The number of benzene rings is 2. The van der Waals surface area contributed by atoms with Crippen LogP contribution in [-0.4, -0.2) is 50.3 Å². The van der Waals surface area contributed by atoms with Crippen LogP contribution in [0.15, 0.2) is 42.5 Å². The number of methoxy groups -OCH3 is 1. The number of amides is 1. The van der Waals surface area contributed by atoms with Crippen LogP contribution in [0.25, 0.3) is 0 Å². The zero-order chi connectivity index (χ0) is 19.3. The molecule has 2 aromatic carbocycles. The Labute approximate surface area is 165 Å². The van der Waals surface area contributed by atoms with Crippen LogP contribution in [0.5, 0.6) is 17.2 Å². The Balaban J connectivity index is 1.35. The van der Waals surface area contributed by atoms with Crippen molar-refractivity contribution in [3.05, 3.63) is 48.0 Å². The number of carbonyl (C=O) groups is 1. The molecule has 0 saturated carbocycles. The summed E-state index contributed by atoms with van der Waals surface area (Å²) in [5.74, 6) is 2.54. The van der Waals surface area contributed by atoms with Crippen molar-refractivity contribution in [2.45, 2.75) is 25.3 Å². The molecule has 1 amide bonds. The minimum atomic E-state index is 0.166. The molecule has 0 bridgehead atoms. The van der Waals surface area contributed by atoms with E-state index in [4.69, 9.17) is 14.2 Å². The van der Waals surface area contributed by atoms with Crippen molar-refractivity contribution in [2.75, 3.05) is 38.7 Å². The first-order chi connectivity index (χ1) is 13.7. The lowest BCUT2D eigenvalue weighted by Gasteiger charge is -2.34. The number of likely N-dealkylation sites (tertiary alicyclic amines) is 1. The van der Waals surface area contributed by atoms with Gasteiger partial charge in [-0.2, -0.15) is 0 Å². The zero-order valence-corrected chi connectivity index (χ0v) is 16.1. The fourth-order valence-electron chi connectivity index (χ4n) is 3.72. The third kappa shape index (κ3) is 4.32. The first-order valence-electron chi connectivity index (χ1n) is 9.78. The minimum absolute atomic E-state index is 0.166. The Morgan fingerprint density at radius 1 is 1.14 bits per heavy atom. The maximum absolute atomic E-state index is 12.7. The lowest BCUT2D eigenvalue weighted by atomic mass is 10.0. The highest BCUT2D eigenvalue weighted by Gasteiger charge is 2.24. The molecule has 0 aliphatic carbocycles. The Kier molecular flexibility index (Phi) is 5.55. The number of hydrogen-bond donors (Lipinski definition) is 1. The van der Waals surface area contributed by atoms with E-state index >= 15 is 0 Å². The van der Waals surface area contributed by atoms with E-state index in [1.165, 1.54) is 0 Å². The summed E-state index contributed by atoms with van der Waals surface area (Å²) in [5.41, 5.74) is 2.01. The topological polar surface area (TPSA) is 60.0 Å². The number of rotatable bonds is 5.